The van der Waals surface area contributed by atoms with Crippen LogP contribution >= 0.6 is 0 Å². The molecule has 126 valence electrons. The molecule has 0 bridgehead atoms. The normalized spacial score (nSPS) is 12.3. The van der Waals surface area contributed by atoms with Gasteiger partial charge >= 0.3 is 0 Å². The number of para-hydroxylation sites is 1. The molecular formula is C21H16N4O. The molecule has 5 nitrogen and oxygen atoms in total. The lowest BCUT2D eigenvalue weighted by Gasteiger charge is -2.19. The Kier molecular flexibility index (Phi) is 4.08. The molecule has 0 fully saturated rings. The van der Waals surface area contributed by atoms with Gasteiger partial charge < -0.3 is 10.2 Å². The molecule has 0 atom stereocenters. The van der Waals surface area contributed by atoms with Gasteiger partial charge in [-0.1, -0.05) is 24.3 Å². The van der Waals surface area contributed by atoms with Gasteiger partial charge in [0.15, 0.2) is 0 Å². The van der Waals surface area contributed by atoms with Crippen LogP contribution in [0.5, 0.6) is 0 Å². The molecule has 0 saturated carbocycles. The third-order valence-corrected chi connectivity index (χ3v) is 4.43. The zero-order valence-electron chi connectivity index (χ0n) is 14.0. The third kappa shape index (κ3) is 3.01. The summed E-state index contributed by atoms with van der Waals surface area (Å²) in [5, 5.41) is 11.7. The van der Waals surface area contributed by atoms with E-state index >= 15 is 0 Å². The Balaban J connectivity index is 1.51. The molecule has 1 N–H and O–H groups in total. The number of carbonyl (C=O) groups is 1. The monoisotopic (exact) mass is 340 g/mol. The molecule has 1 aliphatic heterocycles. The Morgan fingerprint density at radius 1 is 1.12 bits per heavy atom. The average Bonchev–Trinajstić information content (AvgIpc) is 3.12. The van der Waals surface area contributed by atoms with Gasteiger partial charge in [-0.2, -0.15) is 5.26 Å². The van der Waals surface area contributed by atoms with Crippen molar-refractivity contribution in [1.82, 2.24) is 4.98 Å². The highest BCUT2D eigenvalue weighted by Crippen LogP contribution is 2.33. The first-order chi connectivity index (χ1) is 12.7. The standard InChI is InChI=1S/C21H16N4O/c22-13-15-4-3-6-17(12-15)24-21(26)19-9-8-18(14-23-19)25-11-10-16-5-1-2-7-20(16)25/h1-9,12,14H,10-11H2,(H,24,26). The van der Waals surface area contributed by atoms with E-state index in [2.05, 4.69) is 39.5 Å². The number of carbonyl (C=O) groups excluding carboxylic acids is 1. The first-order valence-electron chi connectivity index (χ1n) is 8.37. The Morgan fingerprint density at radius 2 is 2.00 bits per heavy atom. The smallest absolute Gasteiger partial charge is 0.274 e. The number of fused-ring (bicyclic) bond motifs is 1. The predicted octanol–water partition coefficient (Wildman–Crippen LogP) is 3.90. The van der Waals surface area contributed by atoms with Gasteiger partial charge in [-0.3, -0.25) is 4.79 Å². The van der Waals surface area contributed by atoms with E-state index in [1.165, 1.54) is 11.3 Å². The van der Waals surface area contributed by atoms with Gasteiger partial charge in [0, 0.05) is 17.9 Å². The molecular weight excluding hydrogens is 324 g/mol. The number of nitriles is 1. The van der Waals surface area contributed by atoms with Gasteiger partial charge in [0.05, 0.1) is 23.5 Å². The molecule has 0 radical (unpaired) electrons. The van der Waals surface area contributed by atoms with Crippen molar-refractivity contribution in [2.24, 2.45) is 0 Å². The number of hydrogen-bond donors (Lipinski definition) is 1. The molecule has 2 heterocycles. The summed E-state index contributed by atoms with van der Waals surface area (Å²) in [6, 6.07) is 20.8. The predicted molar refractivity (Wildman–Crippen MR) is 100 cm³/mol. The number of nitrogens with zero attached hydrogens (tertiary/aromatic N) is 3. The molecule has 0 spiro atoms. The summed E-state index contributed by atoms with van der Waals surface area (Å²) in [5.41, 5.74) is 4.90. The summed E-state index contributed by atoms with van der Waals surface area (Å²) >= 11 is 0. The highest BCUT2D eigenvalue weighted by atomic mass is 16.1. The van der Waals surface area contributed by atoms with Gasteiger partial charge in [-0.05, 0) is 48.4 Å². The minimum absolute atomic E-state index is 0.298. The molecule has 4 rings (SSSR count). The SMILES string of the molecule is N#Cc1cccc(NC(=O)c2ccc(N3CCc4ccccc43)cn2)c1. The number of aromatic nitrogens is 1. The zero-order valence-corrected chi connectivity index (χ0v) is 14.0. The Labute approximate surface area is 151 Å². The van der Waals surface area contributed by atoms with E-state index in [1.54, 1.807) is 36.5 Å². The molecule has 5 heteroatoms. The number of pyridine rings is 1. The minimum Gasteiger partial charge on any atom is -0.340 e. The number of hydrogen-bond acceptors (Lipinski definition) is 4. The van der Waals surface area contributed by atoms with Crippen LogP contribution in [0.4, 0.5) is 17.1 Å². The van der Waals surface area contributed by atoms with E-state index in [0.29, 0.717) is 16.9 Å². The van der Waals surface area contributed by atoms with Crippen molar-refractivity contribution in [2.75, 3.05) is 16.8 Å². The van der Waals surface area contributed by atoms with E-state index in [-0.39, 0.29) is 5.91 Å². The average molecular weight is 340 g/mol. The second-order valence-electron chi connectivity index (χ2n) is 6.08. The van der Waals surface area contributed by atoms with Crippen molar-refractivity contribution in [1.29, 1.82) is 5.26 Å². The number of nitrogens with one attached hydrogen (secondary N) is 1. The van der Waals surface area contributed by atoms with E-state index in [0.717, 1.165) is 18.7 Å². The third-order valence-electron chi connectivity index (χ3n) is 4.43. The quantitative estimate of drug-likeness (QED) is 0.785. The summed E-state index contributed by atoms with van der Waals surface area (Å²) in [6.07, 6.45) is 2.73. The Morgan fingerprint density at radius 3 is 2.81 bits per heavy atom. The minimum atomic E-state index is -0.298. The first kappa shape index (κ1) is 15.9. The first-order valence-corrected chi connectivity index (χ1v) is 8.37. The molecule has 2 aromatic carbocycles. The fourth-order valence-electron chi connectivity index (χ4n) is 3.15. The second kappa shape index (κ2) is 6.69. The number of benzene rings is 2. The van der Waals surface area contributed by atoms with Crippen LogP contribution in [0.2, 0.25) is 0 Å². The molecule has 1 aromatic heterocycles. The van der Waals surface area contributed by atoms with Crippen LogP contribution in [0, 0.1) is 11.3 Å². The lowest BCUT2D eigenvalue weighted by molar-refractivity contribution is 0.102. The topological polar surface area (TPSA) is 69.0 Å². The second-order valence-corrected chi connectivity index (χ2v) is 6.08. The molecule has 1 aliphatic rings. The zero-order chi connectivity index (χ0) is 17.9. The van der Waals surface area contributed by atoms with E-state index in [9.17, 15) is 4.79 Å². The fourth-order valence-corrected chi connectivity index (χ4v) is 3.15. The van der Waals surface area contributed by atoms with Gasteiger partial charge in [-0.15, -0.1) is 0 Å². The van der Waals surface area contributed by atoms with Gasteiger partial charge in [0.25, 0.3) is 5.91 Å². The Hall–Kier alpha value is -3.65. The van der Waals surface area contributed by atoms with Gasteiger partial charge in [0.1, 0.15) is 5.69 Å². The molecule has 1 amide bonds. The molecule has 0 aliphatic carbocycles. The summed E-state index contributed by atoms with van der Waals surface area (Å²) in [6.45, 7) is 0.910. The van der Waals surface area contributed by atoms with Crippen LogP contribution in [0.1, 0.15) is 21.6 Å². The van der Waals surface area contributed by atoms with E-state index < -0.39 is 0 Å². The van der Waals surface area contributed by atoms with Gasteiger partial charge in [-0.25, -0.2) is 4.98 Å². The fraction of sp³-hybridized carbons (Fsp3) is 0.0952. The van der Waals surface area contributed by atoms with Crippen LogP contribution < -0.4 is 10.2 Å². The molecule has 0 saturated heterocycles. The maximum Gasteiger partial charge on any atom is 0.274 e. The maximum absolute atomic E-state index is 12.4. The van der Waals surface area contributed by atoms with E-state index in [1.807, 2.05) is 12.1 Å². The van der Waals surface area contributed by atoms with Crippen LogP contribution in [-0.2, 0) is 6.42 Å². The van der Waals surface area contributed by atoms with Gasteiger partial charge in [0.2, 0.25) is 0 Å². The Bertz CT molecular complexity index is 1010. The van der Waals surface area contributed by atoms with Crippen molar-refractivity contribution in [3.63, 3.8) is 0 Å². The summed E-state index contributed by atoms with van der Waals surface area (Å²) in [5.74, 6) is -0.298. The highest BCUT2D eigenvalue weighted by molar-refractivity contribution is 6.03. The summed E-state index contributed by atoms with van der Waals surface area (Å²) < 4.78 is 0. The highest BCUT2D eigenvalue weighted by Gasteiger charge is 2.20. The van der Waals surface area contributed by atoms with Crippen molar-refractivity contribution in [3.8, 4) is 6.07 Å². The largest absolute Gasteiger partial charge is 0.340 e. The summed E-state index contributed by atoms with van der Waals surface area (Å²) in [7, 11) is 0. The van der Waals surface area contributed by atoms with Crippen LogP contribution in [0.3, 0.4) is 0 Å². The van der Waals surface area contributed by atoms with E-state index in [4.69, 9.17) is 5.26 Å². The van der Waals surface area contributed by atoms with Crippen molar-refractivity contribution in [3.05, 3.63) is 83.7 Å². The number of anilines is 3. The summed E-state index contributed by atoms with van der Waals surface area (Å²) in [4.78, 5) is 18.9. The number of amides is 1. The molecule has 26 heavy (non-hydrogen) atoms. The van der Waals surface area contributed by atoms with Crippen LogP contribution in [0.25, 0.3) is 0 Å². The van der Waals surface area contributed by atoms with Crippen molar-refractivity contribution >= 4 is 23.0 Å². The lowest BCUT2D eigenvalue weighted by Crippen LogP contribution is -2.16. The van der Waals surface area contributed by atoms with Crippen LogP contribution in [-0.4, -0.2) is 17.4 Å². The lowest BCUT2D eigenvalue weighted by atomic mass is 10.2. The van der Waals surface area contributed by atoms with Crippen molar-refractivity contribution in [2.45, 2.75) is 6.42 Å². The molecule has 0 unspecified atom stereocenters. The maximum atomic E-state index is 12.4. The molecule has 3 aromatic rings. The van der Waals surface area contributed by atoms with Crippen LogP contribution in [0.15, 0.2) is 66.9 Å². The number of rotatable bonds is 3. The van der Waals surface area contributed by atoms with Crippen molar-refractivity contribution < 1.29 is 4.79 Å².